The predicted molar refractivity (Wildman–Crippen MR) is 80.5 cm³/mol. The van der Waals surface area contributed by atoms with Gasteiger partial charge in [0.1, 0.15) is 0 Å². The number of hydrogen-bond acceptors (Lipinski definition) is 2. The molecule has 0 heterocycles. The molecule has 2 rings (SSSR count). The Bertz CT molecular complexity index is 668. The second kappa shape index (κ2) is 6.45. The summed E-state index contributed by atoms with van der Waals surface area (Å²) >= 11 is 0. The molecule has 21 heavy (non-hydrogen) atoms. The van der Waals surface area contributed by atoms with E-state index in [2.05, 4.69) is 0 Å². The molecular weight excluding hydrogens is 292 g/mol. The minimum absolute atomic E-state index is 0.161. The molecule has 2 nitrogen and oxygen atoms in total. The lowest BCUT2D eigenvalue weighted by molar-refractivity contribution is 0.505. The van der Waals surface area contributed by atoms with Crippen LogP contribution in [0.2, 0.25) is 0 Å². The van der Waals surface area contributed by atoms with E-state index in [1.165, 1.54) is 6.07 Å². The van der Waals surface area contributed by atoms with E-state index >= 15 is 0 Å². The van der Waals surface area contributed by atoms with Gasteiger partial charge in [-0.1, -0.05) is 29.3 Å². The van der Waals surface area contributed by atoms with Crippen molar-refractivity contribution in [3.63, 3.8) is 0 Å². The van der Waals surface area contributed by atoms with Crippen molar-refractivity contribution in [1.29, 1.82) is 0 Å². The second-order valence-electron chi connectivity index (χ2n) is 5.12. The molecule has 2 N–H and O–H groups in total. The van der Waals surface area contributed by atoms with Crippen LogP contribution in [0.5, 0.6) is 0 Å². The molecule has 0 aliphatic rings. The van der Waals surface area contributed by atoms with Crippen molar-refractivity contribution >= 4 is 10.8 Å². The largest absolute Gasteiger partial charge is 0.323 e. The summed E-state index contributed by atoms with van der Waals surface area (Å²) in [5.74, 6) is -1.79. The Hall–Kier alpha value is -1.59. The molecule has 2 atom stereocenters. The van der Waals surface area contributed by atoms with Crippen molar-refractivity contribution in [3.8, 4) is 0 Å². The number of hydrogen-bond donors (Lipinski definition) is 1. The molecule has 0 aliphatic carbocycles. The normalized spacial score (nSPS) is 14.0. The summed E-state index contributed by atoms with van der Waals surface area (Å²) in [6.45, 7) is 3.94. The number of nitrogens with two attached hydrogens (primary N) is 1. The van der Waals surface area contributed by atoms with Crippen LogP contribution in [0.15, 0.2) is 41.3 Å². The van der Waals surface area contributed by atoms with E-state index in [9.17, 15) is 13.0 Å². The van der Waals surface area contributed by atoms with Crippen molar-refractivity contribution in [2.75, 3.05) is 5.75 Å². The van der Waals surface area contributed by atoms with Crippen LogP contribution in [0.4, 0.5) is 8.78 Å². The summed E-state index contributed by atoms with van der Waals surface area (Å²) in [5, 5.41) is 0. The summed E-state index contributed by atoms with van der Waals surface area (Å²) in [6, 6.07) is 8.76. The molecule has 0 radical (unpaired) electrons. The maximum atomic E-state index is 13.2. The first-order chi connectivity index (χ1) is 9.86. The topological polar surface area (TPSA) is 43.1 Å². The summed E-state index contributed by atoms with van der Waals surface area (Å²) < 4.78 is 38.2. The monoisotopic (exact) mass is 309 g/mol. The molecule has 0 fully saturated rings. The van der Waals surface area contributed by atoms with Crippen LogP contribution in [0, 0.1) is 25.5 Å². The molecular formula is C16H17F2NOS. The molecule has 0 spiro atoms. The third-order valence-corrected chi connectivity index (χ3v) is 4.60. The Morgan fingerprint density at radius 1 is 1.05 bits per heavy atom. The van der Waals surface area contributed by atoms with Gasteiger partial charge in [0.2, 0.25) is 0 Å². The number of rotatable bonds is 4. The molecule has 2 aromatic rings. The van der Waals surface area contributed by atoms with Crippen LogP contribution in [-0.2, 0) is 10.8 Å². The van der Waals surface area contributed by atoms with Crippen molar-refractivity contribution < 1.29 is 13.0 Å². The van der Waals surface area contributed by atoms with Gasteiger partial charge in [0.05, 0.1) is 10.8 Å². The quantitative estimate of drug-likeness (QED) is 0.941. The SMILES string of the molecule is Cc1cc(C)cc(C(N)CS(=O)c2ccc(F)c(F)c2)c1. The first-order valence-corrected chi connectivity index (χ1v) is 7.86. The fraction of sp³-hybridized carbons (Fsp3) is 0.250. The molecule has 0 aromatic heterocycles. The molecule has 2 aromatic carbocycles. The van der Waals surface area contributed by atoms with E-state index in [1.54, 1.807) is 0 Å². The van der Waals surface area contributed by atoms with Crippen LogP contribution in [0.3, 0.4) is 0 Å². The molecule has 112 valence electrons. The van der Waals surface area contributed by atoms with Crippen molar-refractivity contribution in [3.05, 3.63) is 64.7 Å². The zero-order valence-electron chi connectivity index (χ0n) is 11.9. The van der Waals surface area contributed by atoms with Gasteiger partial charge >= 0.3 is 0 Å². The lowest BCUT2D eigenvalue weighted by Crippen LogP contribution is -2.18. The third kappa shape index (κ3) is 3.95. The first kappa shape index (κ1) is 15.8. The van der Waals surface area contributed by atoms with Gasteiger partial charge in [0.15, 0.2) is 11.6 Å². The van der Waals surface area contributed by atoms with Gasteiger partial charge in [-0.15, -0.1) is 0 Å². The lowest BCUT2D eigenvalue weighted by atomic mass is 10.0. The van der Waals surface area contributed by atoms with Crippen LogP contribution in [-0.4, -0.2) is 9.96 Å². The summed E-state index contributed by atoms with van der Waals surface area (Å²) in [4.78, 5) is 0.244. The fourth-order valence-corrected chi connectivity index (χ4v) is 3.36. The third-order valence-electron chi connectivity index (χ3n) is 3.16. The fourth-order valence-electron chi connectivity index (χ4n) is 2.20. The maximum Gasteiger partial charge on any atom is 0.160 e. The predicted octanol–water partition coefficient (Wildman–Crippen LogP) is 3.39. The Balaban J connectivity index is 2.16. The van der Waals surface area contributed by atoms with Gasteiger partial charge in [0, 0.05) is 16.7 Å². The maximum absolute atomic E-state index is 13.2. The van der Waals surface area contributed by atoms with Crippen molar-refractivity contribution in [2.45, 2.75) is 24.8 Å². The molecule has 0 amide bonds. The highest BCUT2D eigenvalue weighted by Crippen LogP contribution is 2.19. The van der Waals surface area contributed by atoms with E-state index < -0.39 is 28.5 Å². The van der Waals surface area contributed by atoms with Crippen LogP contribution >= 0.6 is 0 Å². The van der Waals surface area contributed by atoms with Gasteiger partial charge in [0.25, 0.3) is 0 Å². The summed E-state index contributed by atoms with van der Waals surface area (Å²) in [5.41, 5.74) is 9.14. The van der Waals surface area contributed by atoms with Gasteiger partial charge in [-0.3, -0.25) is 4.21 Å². The van der Waals surface area contributed by atoms with E-state index in [4.69, 9.17) is 5.73 Å². The van der Waals surface area contributed by atoms with Gasteiger partial charge < -0.3 is 5.73 Å². The van der Waals surface area contributed by atoms with Gasteiger partial charge in [-0.2, -0.15) is 0 Å². The van der Waals surface area contributed by atoms with E-state index in [0.29, 0.717) is 0 Å². The molecule has 0 aliphatic heterocycles. The lowest BCUT2D eigenvalue weighted by Gasteiger charge is -2.13. The van der Waals surface area contributed by atoms with E-state index in [-0.39, 0.29) is 10.6 Å². The van der Waals surface area contributed by atoms with Gasteiger partial charge in [-0.25, -0.2) is 8.78 Å². The number of halogens is 2. The van der Waals surface area contributed by atoms with Crippen LogP contribution in [0.25, 0.3) is 0 Å². The van der Waals surface area contributed by atoms with Crippen molar-refractivity contribution in [2.24, 2.45) is 5.73 Å². The minimum Gasteiger partial charge on any atom is -0.323 e. The average Bonchev–Trinajstić information content (AvgIpc) is 2.40. The van der Waals surface area contributed by atoms with E-state index in [1.807, 2.05) is 32.0 Å². The molecule has 0 saturated carbocycles. The average molecular weight is 309 g/mol. The Labute approximate surface area is 125 Å². The van der Waals surface area contributed by atoms with Crippen LogP contribution < -0.4 is 5.73 Å². The number of benzene rings is 2. The Morgan fingerprint density at radius 2 is 1.67 bits per heavy atom. The Kier molecular flexibility index (Phi) is 4.85. The minimum atomic E-state index is -1.48. The summed E-state index contributed by atoms with van der Waals surface area (Å²) in [7, 11) is -1.48. The standard InChI is InChI=1S/C16H17F2NOS/c1-10-5-11(2)7-12(6-10)16(19)9-21(20)13-3-4-14(17)15(18)8-13/h3-8,16H,9,19H2,1-2H3. The molecule has 0 saturated heterocycles. The molecule has 0 bridgehead atoms. The smallest absolute Gasteiger partial charge is 0.160 e. The Morgan fingerprint density at radius 3 is 2.24 bits per heavy atom. The zero-order chi connectivity index (χ0) is 15.6. The van der Waals surface area contributed by atoms with Gasteiger partial charge in [-0.05, 0) is 37.6 Å². The summed E-state index contributed by atoms with van der Waals surface area (Å²) in [6.07, 6.45) is 0. The van der Waals surface area contributed by atoms with Crippen molar-refractivity contribution in [1.82, 2.24) is 0 Å². The first-order valence-electron chi connectivity index (χ1n) is 6.54. The number of aryl methyl sites for hydroxylation is 2. The zero-order valence-corrected chi connectivity index (χ0v) is 12.7. The van der Waals surface area contributed by atoms with E-state index in [0.717, 1.165) is 28.8 Å². The van der Waals surface area contributed by atoms with Crippen LogP contribution in [0.1, 0.15) is 22.7 Å². The second-order valence-corrected chi connectivity index (χ2v) is 6.61. The molecule has 2 unspecified atom stereocenters. The highest BCUT2D eigenvalue weighted by molar-refractivity contribution is 7.85. The highest BCUT2D eigenvalue weighted by atomic mass is 32.2. The highest BCUT2D eigenvalue weighted by Gasteiger charge is 2.14. The molecule has 5 heteroatoms.